The Morgan fingerprint density at radius 2 is 1.80 bits per heavy atom. The summed E-state index contributed by atoms with van der Waals surface area (Å²) in [6.45, 7) is 1.90. The fourth-order valence-electron chi connectivity index (χ4n) is 8.27. The number of fused-ring (bicyclic) bond motifs is 4. The summed E-state index contributed by atoms with van der Waals surface area (Å²) in [7, 11) is 0. The van der Waals surface area contributed by atoms with Gasteiger partial charge in [-0.15, -0.1) is 0 Å². The average Bonchev–Trinajstić information content (AvgIpc) is 3.31. The molecule has 2 bridgehead atoms. The Balaban J connectivity index is 1.24. The van der Waals surface area contributed by atoms with Crippen LogP contribution in [-0.2, 0) is 6.18 Å². The highest BCUT2D eigenvalue weighted by molar-refractivity contribution is 6.32. The highest BCUT2D eigenvalue weighted by Crippen LogP contribution is 2.69. The molecule has 1 saturated carbocycles. The van der Waals surface area contributed by atoms with Gasteiger partial charge in [0.25, 0.3) is 5.92 Å². The zero-order chi connectivity index (χ0) is 32.4. The van der Waals surface area contributed by atoms with Gasteiger partial charge in [-0.3, -0.25) is 9.88 Å². The van der Waals surface area contributed by atoms with E-state index in [1.165, 1.54) is 0 Å². The van der Waals surface area contributed by atoms with Crippen LogP contribution in [-0.4, -0.2) is 76.2 Å². The van der Waals surface area contributed by atoms with Gasteiger partial charge in [-0.2, -0.15) is 23.1 Å². The predicted molar refractivity (Wildman–Crippen MR) is 155 cm³/mol. The summed E-state index contributed by atoms with van der Waals surface area (Å²) >= 11 is 5.86. The first-order valence-electron chi connectivity index (χ1n) is 15.2. The molecule has 5 aliphatic rings. The van der Waals surface area contributed by atoms with Crippen molar-refractivity contribution in [3.63, 3.8) is 0 Å². The van der Waals surface area contributed by atoms with Crippen molar-refractivity contribution in [1.29, 1.82) is 0 Å². The molecule has 16 heteroatoms. The van der Waals surface area contributed by atoms with Crippen molar-refractivity contribution >= 4 is 34.0 Å². The number of nitrogens with two attached hydrogens (primary N) is 1. The van der Waals surface area contributed by atoms with Crippen LogP contribution in [0.5, 0.6) is 6.01 Å². The number of aromatic nitrogens is 3. The number of rotatable bonds is 5. The molecule has 0 radical (unpaired) electrons. The third-order valence-electron chi connectivity index (χ3n) is 10.5. The molecule has 4 atom stereocenters. The molecule has 0 unspecified atom stereocenters. The van der Waals surface area contributed by atoms with Gasteiger partial charge < -0.3 is 20.7 Å². The molecule has 46 heavy (non-hydrogen) atoms. The van der Waals surface area contributed by atoms with Crippen LogP contribution in [0.4, 0.5) is 42.2 Å². The lowest BCUT2D eigenvalue weighted by Gasteiger charge is -2.34. The topological polar surface area (TPSA) is 92.4 Å². The van der Waals surface area contributed by atoms with E-state index in [1.807, 2.05) is 9.80 Å². The Bertz CT molecular complexity index is 1760. The van der Waals surface area contributed by atoms with Crippen molar-refractivity contribution in [2.75, 3.05) is 43.4 Å². The zero-order valence-corrected chi connectivity index (χ0v) is 25.1. The SMILES string of the molecule is Nc1cc(Cl)c(C(F)(F)F)c(-c2ncc3c(N4C[C@H]5CC[C@@H](C4)N5)nc(OC[C@@]45CCCN4C[C@@]4(CC4(F)F)C5)nc3c2F)c1F. The first-order chi connectivity index (χ1) is 21.7. The van der Waals surface area contributed by atoms with Crippen LogP contribution in [0.1, 0.15) is 44.1 Å². The molecular weight excluding hydrogens is 643 g/mol. The summed E-state index contributed by atoms with van der Waals surface area (Å²) in [5.74, 6) is -5.34. The minimum Gasteiger partial charge on any atom is -0.461 e. The number of nitrogen functional groups attached to an aromatic ring is 1. The molecule has 0 amide bonds. The van der Waals surface area contributed by atoms with E-state index in [4.69, 9.17) is 22.1 Å². The molecule has 3 aromatic rings. The number of ether oxygens (including phenoxy) is 1. The molecule has 5 fully saturated rings. The normalized spacial score (nSPS) is 30.0. The van der Waals surface area contributed by atoms with Gasteiger partial charge >= 0.3 is 12.2 Å². The summed E-state index contributed by atoms with van der Waals surface area (Å²) in [5, 5.41) is 2.67. The minimum atomic E-state index is -5.17. The molecule has 4 aliphatic heterocycles. The number of halogens is 8. The van der Waals surface area contributed by atoms with Crippen molar-refractivity contribution < 1.29 is 35.5 Å². The van der Waals surface area contributed by atoms with Crippen LogP contribution in [0, 0.1) is 17.0 Å². The maximum atomic E-state index is 16.5. The fourth-order valence-corrected chi connectivity index (χ4v) is 8.59. The van der Waals surface area contributed by atoms with Crippen molar-refractivity contribution in [3.05, 3.63) is 34.5 Å². The fraction of sp³-hybridized carbons (Fsp3) is 0.567. The number of alkyl halides is 5. The Hall–Kier alpha value is -3.17. The standard InChI is InChI=1S/C30H29ClF7N7O/c31-17-6-18(39)21(32)19(20(17)30(36,37)38)24-22(33)23-16(7-40-24)25(44-8-14-2-3-15(9-44)41-14)43-26(42-23)46-13-28-4-1-5-45(28)12-27(10-28)11-29(27,34)35/h6-7,14-15,41H,1-5,8-13,39H2/t14-,15+,27-,28-/m0/s1. The molecule has 6 heterocycles. The number of nitrogens with one attached hydrogen (secondary N) is 1. The lowest BCUT2D eigenvalue weighted by molar-refractivity contribution is -0.137. The van der Waals surface area contributed by atoms with Gasteiger partial charge in [0, 0.05) is 44.3 Å². The van der Waals surface area contributed by atoms with E-state index in [1.54, 1.807) is 0 Å². The van der Waals surface area contributed by atoms with Crippen molar-refractivity contribution in [2.24, 2.45) is 5.41 Å². The monoisotopic (exact) mass is 671 g/mol. The first kappa shape index (κ1) is 30.2. The second-order valence-electron chi connectivity index (χ2n) is 13.4. The minimum absolute atomic E-state index is 0.0280. The molecule has 2 aromatic heterocycles. The Morgan fingerprint density at radius 3 is 2.48 bits per heavy atom. The van der Waals surface area contributed by atoms with Gasteiger partial charge in [-0.1, -0.05) is 11.6 Å². The van der Waals surface area contributed by atoms with Gasteiger partial charge in [-0.25, -0.2) is 17.6 Å². The van der Waals surface area contributed by atoms with Gasteiger partial charge in [0.1, 0.15) is 23.6 Å². The van der Waals surface area contributed by atoms with Crippen LogP contribution in [0.15, 0.2) is 12.3 Å². The van der Waals surface area contributed by atoms with Gasteiger partial charge in [0.05, 0.1) is 38.2 Å². The molecule has 1 spiro atoms. The lowest BCUT2D eigenvalue weighted by Crippen LogP contribution is -2.51. The molecule has 8 rings (SSSR count). The van der Waals surface area contributed by atoms with E-state index in [2.05, 4.69) is 20.3 Å². The molecule has 1 aliphatic carbocycles. The van der Waals surface area contributed by atoms with Crippen LogP contribution in [0.2, 0.25) is 5.02 Å². The lowest BCUT2D eigenvalue weighted by atomic mass is 9.89. The number of anilines is 2. The Labute approximate surface area is 263 Å². The van der Waals surface area contributed by atoms with Crippen LogP contribution in [0.3, 0.4) is 0 Å². The molecule has 8 nitrogen and oxygen atoms in total. The third kappa shape index (κ3) is 4.51. The summed E-state index contributed by atoms with van der Waals surface area (Å²) in [6.07, 6.45) is -0.713. The first-order valence-corrected chi connectivity index (χ1v) is 15.6. The molecule has 4 saturated heterocycles. The van der Waals surface area contributed by atoms with Gasteiger partial charge in [0.15, 0.2) is 11.6 Å². The number of hydrogen-bond acceptors (Lipinski definition) is 8. The second kappa shape index (κ2) is 9.92. The summed E-state index contributed by atoms with van der Waals surface area (Å²) in [4.78, 5) is 16.8. The van der Waals surface area contributed by atoms with E-state index >= 15 is 8.78 Å². The van der Waals surface area contributed by atoms with Gasteiger partial charge in [0.2, 0.25) is 0 Å². The maximum Gasteiger partial charge on any atom is 0.418 e. The number of benzene rings is 1. The number of pyridine rings is 1. The van der Waals surface area contributed by atoms with Crippen LogP contribution in [0.25, 0.3) is 22.2 Å². The van der Waals surface area contributed by atoms with Gasteiger partial charge in [-0.05, 0) is 44.7 Å². The van der Waals surface area contributed by atoms with Crippen molar-refractivity contribution in [2.45, 2.75) is 68.2 Å². The summed E-state index contributed by atoms with van der Waals surface area (Å²) < 4.78 is 109. The average molecular weight is 672 g/mol. The molecule has 3 N–H and O–H groups in total. The smallest absolute Gasteiger partial charge is 0.418 e. The third-order valence-corrected chi connectivity index (χ3v) is 10.8. The largest absolute Gasteiger partial charge is 0.461 e. The summed E-state index contributed by atoms with van der Waals surface area (Å²) in [6, 6.07) is 0.632. The van der Waals surface area contributed by atoms with Crippen molar-refractivity contribution in [3.8, 4) is 17.3 Å². The van der Waals surface area contributed by atoms with Crippen LogP contribution < -0.4 is 20.7 Å². The Morgan fingerprint density at radius 1 is 1.09 bits per heavy atom. The second-order valence-corrected chi connectivity index (χ2v) is 13.8. The molecule has 246 valence electrons. The predicted octanol–water partition coefficient (Wildman–Crippen LogP) is 5.81. The van der Waals surface area contributed by atoms with Crippen LogP contribution >= 0.6 is 11.6 Å². The van der Waals surface area contributed by atoms with E-state index < -0.39 is 67.7 Å². The molecular formula is C30H29ClF7N7O. The maximum absolute atomic E-state index is 16.5. The summed E-state index contributed by atoms with van der Waals surface area (Å²) in [5.41, 5.74) is -1.12. The van der Waals surface area contributed by atoms with Crippen molar-refractivity contribution in [1.82, 2.24) is 25.2 Å². The quantitative estimate of drug-likeness (QED) is 0.260. The highest BCUT2D eigenvalue weighted by atomic mass is 35.5. The number of hydrogen-bond donors (Lipinski definition) is 2. The highest BCUT2D eigenvalue weighted by Gasteiger charge is 2.77. The molecule has 1 aromatic carbocycles. The number of nitrogens with zero attached hydrogens (tertiary/aromatic N) is 5. The van der Waals surface area contributed by atoms with E-state index in [-0.39, 0.29) is 55.3 Å². The van der Waals surface area contributed by atoms with E-state index in [0.29, 0.717) is 32.1 Å². The zero-order valence-electron chi connectivity index (χ0n) is 24.3. The van der Waals surface area contributed by atoms with E-state index in [0.717, 1.165) is 25.5 Å². The Kier molecular flexibility index (Phi) is 6.51. The van der Waals surface area contributed by atoms with E-state index in [9.17, 15) is 22.0 Å². The number of piperazine rings is 1.